The standard InChI is InChI=1S/C26H21F8N3O3S/c27-18-5-7-20(8-6-18)41(39,40)23(12-9-19(10-13-23)37-22(38)21-11-14-35-15-36-21)16-1-3-17(4-2-16)24(28,25(29,30)31)26(32,33)34/h1-8,11,14-15,19H,9-10,12-13H2,(H,37,38). The molecule has 15 heteroatoms. The van der Waals surface area contributed by atoms with E-state index in [1.165, 1.54) is 12.3 Å². The minimum Gasteiger partial charge on any atom is -0.348 e. The number of nitrogens with zero attached hydrogens (tertiary/aromatic N) is 2. The van der Waals surface area contributed by atoms with E-state index in [4.69, 9.17) is 0 Å². The van der Waals surface area contributed by atoms with Gasteiger partial charge in [-0.05, 0) is 61.6 Å². The lowest BCUT2D eigenvalue weighted by Crippen LogP contribution is -2.50. The largest absolute Gasteiger partial charge is 0.435 e. The summed E-state index contributed by atoms with van der Waals surface area (Å²) in [7, 11) is -4.44. The second-order valence-corrected chi connectivity index (χ2v) is 11.8. The van der Waals surface area contributed by atoms with Crippen LogP contribution in [-0.4, -0.2) is 42.7 Å². The van der Waals surface area contributed by atoms with Gasteiger partial charge >= 0.3 is 18.0 Å². The van der Waals surface area contributed by atoms with Gasteiger partial charge in [-0.2, -0.15) is 26.3 Å². The summed E-state index contributed by atoms with van der Waals surface area (Å²) in [4.78, 5) is 19.7. The minimum absolute atomic E-state index is 0.0388. The summed E-state index contributed by atoms with van der Waals surface area (Å²) < 4.78 is 134. The Morgan fingerprint density at radius 3 is 1.90 bits per heavy atom. The lowest BCUT2D eigenvalue weighted by atomic mass is 9.80. The van der Waals surface area contributed by atoms with Crippen LogP contribution in [0.15, 0.2) is 72.0 Å². The van der Waals surface area contributed by atoms with Crippen LogP contribution in [0.3, 0.4) is 0 Å². The summed E-state index contributed by atoms with van der Waals surface area (Å²) in [5, 5.41) is 2.71. The molecule has 1 heterocycles. The first-order valence-corrected chi connectivity index (χ1v) is 13.5. The van der Waals surface area contributed by atoms with Gasteiger partial charge in [0.25, 0.3) is 5.91 Å². The number of carbonyl (C=O) groups excluding carboxylic acids is 1. The molecule has 1 fully saturated rings. The maximum Gasteiger partial charge on any atom is 0.435 e. The average Bonchev–Trinajstić information content (AvgIpc) is 2.92. The average molecular weight is 608 g/mol. The van der Waals surface area contributed by atoms with Crippen LogP contribution in [0.25, 0.3) is 0 Å². The Hall–Kier alpha value is -3.62. The maximum atomic E-state index is 14.6. The number of carbonyl (C=O) groups is 1. The van der Waals surface area contributed by atoms with Gasteiger partial charge in [0.1, 0.15) is 22.6 Å². The van der Waals surface area contributed by atoms with Gasteiger partial charge in [0, 0.05) is 17.8 Å². The molecule has 3 aromatic rings. The number of rotatable bonds is 6. The lowest BCUT2D eigenvalue weighted by molar-refractivity contribution is -0.348. The van der Waals surface area contributed by atoms with Crippen molar-refractivity contribution in [1.82, 2.24) is 15.3 Å². The van der Waals surface area contributed by atoms with E-state index in [-0.39, 0.29) is 54.0 Å². The van der Waals surface area contributed by atoms with Gasteiger partial charge in [0.05, 0.1) is 4.90 Å². The molecule has 0 aliphatic heterocycles. The second-order valence-electron chi connectivity index (χ2n) is 9.53. The van der Waals surface area contributed by atoms with Crippen molar-refractivity contribution in [2.45, 2.75) is 59.4 Å². The van der Waals surface area contributed by atoms with E-state index >= 15 is 0 Å². The summed E-state index contributed by atoms with van der Waals surface area (Å²) in [6.45, 7) is 0. The van der Waals surface area contributed by atoms with Crippen LogP contribution in [0, 0.1) is 5.82 Å². The Morgan fingerprint density at radius 1 is 0.854 bits per heavy atom. The first-order chi connectivity index (χ1) is 19.0. The molecular formula is C26H21F8N3O3S. The molecule has 1 amide bonds. The van der Waals surface area contributed by atoms with Gasteiger partial charge in [-0.3, -0.25) is 4.79 Å². The van der Waals surface area contributed by atoms with Gasteiger partial charge < -0.3 is 5.32 Å². The zero-order chi connectivity index (χ0) is 30.3. The molecule has 0 radical (unpaired) electrons. The van der Waals surface area contributed by atoms with E-state index in [9.17, 15) is 48.3 Å². The predicted molar refractivity (Wildman–Crippen MR) is 128 cm³/mol. The van der Waals surface area contributed by atoms with Crippen molar-refractivity contribution in [3.8, 4) is 0 Å². The third kappa shape index (κ3) is 5.38. The smallest absolute Gasteiger partial charge is 0.348 e. The molecule has 0 spiro atoms. The Bertz CT molecular complexity index is 1470. The van der Waals surface area contributed by atoms with Crippen LogP contribution in [0.4, 0.5) is 35.1 Å². The van der Waals surface area contributed by atoms with E-state index in [0.717, 1.165) is 42.7 Å². The van der Waals surface area contributed by atoms with Crippen LogP contribution in [0.1, 0.15) is 47.3 Å². The molecule has 41 heavy (non-hydrogen) atoms. The van der Waals surface area contributed by atoms with Crippen LogP contribution in [0.5, 0.6) is 0 Å². The SMILES string of the molecule is O=C(NC1CCC(c2ccc(C(F)(C(F)(F)F)C(F)(F)F)cc2)(S(=O)(=O)c2ccc(F)cc2)CC1)c1ccncn1. The van der Waals surface area contributed by atoms with Crippen LogP contribution >= 0.6 is 0 Å². The molecule has 1 aliphatic carbocycles. The van der Waals surface area contributed by atoms with Crippen molar-refractivity contribution in [1.29, 1.82) is 0 Å². The molecule has 0 saturated heterocycles. The van der Waals surface area contributed by atoms with Crippen molar-refractivity contribution in [3.63, 3.8) is 0 Å². The fourth-order valence-electron chi connectivity index (χ4n) is 4.96. The molecular weight excluding hydrogens is 586 g/mol. The first-order valence-electron chi connectivity index (χ1n) is 12.0. The molecule has 0 unspecified atom stereocenters. The van der Waals surface area contributed by atoms with Crippen LogP contribution in [-0.2, 0) is 20.3 Å². The zero-order valence-electron chi connectivity index (χ0n) is 20.8. The number of alkyl halides is 7. The summed E-state index contributed by atoms with van der Waals surface area (Å²) in [5.74, 6) is -1.30. The van der Waals surface area contributed by atoms with Crippen molar-refractivity contribution >= 4 is 15.7 Å². The number of hydrogen-bond donors (Lipinski definition) is 1. The van der Waals surface area contributed by atoms with E-state index in [2.05, 4.69) is 15.3 Å². The van der Waals surface area contributed by atoms with Gasteiger partial charge in [0.15, 0.2) is 9.84 Å². The fourth-order valence-corrected chi connectivity index (χ4v) is 7.12. The Balaban J connectivity index is 1.72. The molecule has 0 bridgehead atoms. The molecule has 6 nitrogen and oxygen atoms in total. The zero-order valence-corrected chi connectivity index (χ0v) is 21.6. The van der Waals surface area contributed by atoms with E-state index < -0.39 is 55.9 Å². The summed E-state index contributed by atoms with van der Waals surface area (Å²) >= 11 is 0. The number of halogens is 8. The number of benzene rings is 2. The molecule has 1 saturated carbocycles. The molecule has 220 valence electrons. The third-order valence-electron chi connectivity index (χ3n) is 7.17. The van der Waals surface area contributed by atoms with Crippen LogP contribution in [0.2, 0.25) is 0 Å². The number of nitrogens with one attached hydrogen (secondary N) is 1. The van der Waals surface area contributed by atoms with Crippen molar-refractivity contribution in [3.05, 3.63) is 89.8 Å². The number of sulfone groups is 1. The monoisotopic (exact) mass is 607 g/mol. The molecule has 1 aliphatic rings. The third-order valence-corrected chi connectivity index (χ3v) is 9.74. The number of aromatic nitrogens is 2. The maximum absolute atomic E-state index is 14.6. The highest BCUT2D eigenvalue weighted by Crippen LogP contribution is 2.54. The summed E-state index contributed by atoms with van der Waals surface area (Å²) in [5.41, 5.74) is -7.58. The van der Waals surface area contributed by atoms with Crippen molar-refractivity contribution < 1.29 is 48.3 Å². The molecule has 2 aromatic carbocycles. The minimum atomic E-state index is -6.34. The number of amides is 1. The molecule has 1 N–H and O–H groups in total. The van der Waals surface area contributed by atoms with Gasteiger partial charge in [0.2, 0.25) is 0 Å². The van der Waals surface area contributed by atoms with Crippen molar-refractivity contribution in [2.75, 3.05) is 0 Å². The molecule has 4 rings (SSSR count). The normalized spacial score (nSPS) is 20.4. The highest BCUT2D eigenvalue weighted by atomic mass is 32.2. The Labute approximate surface area is 228 Å². The quantitative estimate of drug-likeness (QED) is 0.277. The van der Waals surface area contributed by atoms with E-state index in [0.29, 0.717) is 0 Å². The highest BCUT2D eigenvalue weighted by molar-refractivity contribution is 7.92. The summed E-state index contributed by atoms with van der Waals surface area (Å²) in [6.07, 6.45) is -10.6. The van der Waals surface area contributed by atoms with E-state index in [1.54, 1.807) is 0 Å². The first kappa shape index (κ1) is 30.3. The lowest BCUT2D eigenvalue weighted by Gasteiger charge is -2.40. The van der Waals surface area contributed by atoms with Crippen molar-refractivity contribution in [2.24, 2.45) is 0 Å². The topological polar surface area (TPSA) is 89.0 Å². The van der Waals surface area contributed by atoms with Gasteiger partial charge in [-0.25, -0.2) is 27.2 Å². The highest BCUT2D eigenvalue weighted by Gasteiger charge is 2.73. The predicted octanol–water partition coefficient (Wildman–Crippen LogP) is 5.95. The van der Waals surface area contributed by atoms with Gasteiger partial charge in [-0.15, -0.1) is 0 Å². The Kier molecular flexibility index (Phi) is 7.88. The molecule has 0 atom stereocenters. The van der Waals surface area contributed by atoms with Crippen LogP contribution < -0.4 is 5.32 Å². The number of hydrogen-bond acceptors (Lipinski definition) is 5. The fraction of sp³-hybridized carbons (Fsp3) is 0.346. The second kappa shape index (κ2) is 10.7. The Morgan fingerprint density at radius 2 is 1.41 bits per heavy atom. The molecule has 1 aromatic heterocycles. The van der Waals surface area contributed by atoms with Gasteiger partial charge in [-0.1, -0.05) is 24.3 Å². The summed E-state index contributed by atoms with van der Waals surface area (Å²) in [6, 6.07) is 6.54. The van der Waals surface area contributed by atoms with E-state index in [1.807, 2.05) is 0 Å².